The summed E-state index contributed by atoms with van der Waals surface area (Å²) in [6, 6.07) is 11.3. The van der Waals surface area contributed by atoms with Crippen molar-refractivity contribution in [3.63, 3.8) is 0 Å². The maximum atomic E-state index is 3.72. The highest BCUT2D eigenvalue weighted by molar-refractivity contribution is 5.18. The van der Waals surface area contributed by atoms with Gasteiger partial charge in [-0.1, -0.05) is 49.4 Å². The van der Waals surface area contributed by atoms with Gasteiger partial charge in [0.05, 0.1) is 0 Å². The van der Waals surface area contributed by atoms with Crippen LogP contribution in [-0.2, 0) is 0 Å². The summed E-state index contributed by atoms with van der Waals surface area (Å²) in [5.41, 5.74) is 1.42. The minimum Gasteiger partial charge on any atom is -0.310 e. The van der Waals surface area contributed by atoms with Crippen LogP contribution in [0.15, 0.2) is 42.5 Å². The van der Waals surface area contributed by atoms with E-state index in [4.69, 9.17) is 0 Å². The van der Waals surface area contributed by atoms with E-state index in [0.717, 1.165) is 18.9 Å². The molecular formula is C16H23N. The molecule has 0 bridgehead atoms. The highest BCUT2D eigenvalue weighted by atomic mass is 14.9. The zero-order valence-electron chi connectivity index (χ0n) is 10.7. The lowest BCUT2D eigenvalue weighted by Gasteiger charge is -2.23. The second kappa shape index (κ2) is 6.61. The van der Waals surface area contributed by atoms with Gasteiger partial charge < -0.3 is 5.32 Å². The van der Waals surface area contributed by atoms with Crippen LogP contribution in [0.5, 0.6) is 0 Å². The Hall–Kier alpha value is -1.08. The molecular weight excluding hydrogens is 206 g/mol. The van der Waals surface area contributed by atoms with Crippen molar-refractivity contribution in [1.82, 2.24) is 5.32 Å². The summed E-state index contributed by atoms with van der Waals surface area (Å²) < 4.78 is 0. The van der Waals surface area contributed by atoms with E-state index in [1.54, 1.807) is 0 Å². The minimum atomic E-state index is 0.516. The number of rotatable bonds is 5. The van der Waals surface area contributed by atoms with Crippen molar-refractivity contribution in [1.29, 1.82) is 0 Å². The Balaban J connectivity index is 1.85. The third kappa shape index (κ3) is 3.71. The van der Waals surface area contributed by atoms with E-state index in [9.17, 15) is 0 Å². The molecule has 1 aromatic rings. The van der Waals surface area contributed by atoms with E-state index in [1.165, 1.54) is 24.8 Å². The van der Waals surface area contributed by atoms with Gasteiger partial charge in [0.1, 0.15) is 0 Å². The van der Waals surface area contributed by atoms with Gasteiger partial charge in [-0.3, -0.25) is 0 Å². The van der Waals surface area contributed by atoms with Crippen molar-refractivity contribution in [2.45, 2.75) is 38.6 Å². The number of allylic oxidation sites excluding steroid dienone is 2. The maximum absolute atomic E-state index is 3.72. The van der Waals surface area contributed by atoms with Crippen LogP contribution in [0.2, 0.25) is 0 Å². The van der Waals surface area contributed by atoms with Gasteiger partial charge in [0.2, 0.25) is 0 Å². The molecule has 0 aliphatic heterocycles. The van der Waals surface area contributed by atoms with Gasteiger partial charge in [-0.05, 0) is 43.7 Å². The first kappa shape index (κ1) is 12.4. The smallest absolute Gasteiger partial charge is 0.0317 e. The number of nitrogens with one attached hydrogen (secondary N) is 1. The monoisotopic (exact) mass is 229 g/mol. The van der Waals surface area contributed by atoms with E-state index in [1.807, 2.05) is 0 Å². The molecule has 1 heteroatoms. The van der Waals surface area contributed by atoms with Crippen molar-refractivity contribution in [2.24, 2.45) is 5.92 Å². The van der Waals surface area contributed by atoms with Crippen molar-refractivity contribution >= 4 is 0 Å². The average Bonchev–Trinajstić information content (AvgIpc) is 2.42. The van der Waals surface area contributed by atoms with Crippen LogP contribution in [0.3, 0.4) is 0 Å². The van der Waals surface area contributed by atoms with Gasteiger partial charge in [0, 0.05) is 6.04 Å². The average molecular weight is 229 g/mol. The zero-order valence-corrected chi connectivity index (χ0v) is 10.7. The summed E-state index contributed by atoms with van der Waals surface area (Å²) in [5.74, 6) is 0.831. The van der Waals surface area contributed by atoms with Crippen molar-refractivity contribution in [3.8, 4) is 0 Å². The Morgan fingerprint density at radius 3 is 2.71 bits per heavy atom. The topological polar surface area (TPSA) is 12.0 Å². The lowest BCUT2D eigenvalue weighted by Crippen LogP contribution is -2.27. The molecule has 1 aromatic carbocycles. The van der Waals surface area contributed by atoms with Crippen molar-refractivity contribution in [2.75, 3.05) is 6.54 Å². The van der Waals surface area contributed by atoms with Gasteiger partial charge in [-0.25, -0.2) is 0 Å². The summed E-state index contributed by atoms with van der Waals surface area (Å²) in [7, 11) is 0. The molecule has 17 heavy (non-hydrogen) atoms. The molecule has 0 radical (unpaired) electrons. The van der Waals surface area contributed by atoms with Gasteiger partial charge in [-0.2, -0.15) is 0 Å². The maximum Gasteiger partial charge on any atom is 0.0317 e. The normalized spacial score (nSPS) is 21.4. The Morgan fingerprint density at radius 1 is 1.24 bits per heavy atom. The molecule has 0 saturated carbocycles. The van der Waals surface area contributed by atoms with E-state index in [0.29, 0.717) is 6.04 Å². The van der Waals surface area contributed by atoms with Gasteiger partial charge in [0.25, 0.3) is 0 Å². The summed E-state index contributed by atoms with van der Waals surface area (Å²) in [6.07, 6.45) is 9.65. The fourth-order valence-corrected chi connectivity index (χ4v) is 2.53. The molecule has 2 unspecified atom stereocenters. The third-order valence-electron chi connectivity index (χ3n) is 3.64. The minimum absolute atomic E-state index is 0.516. The second-order valence-electron chi connectivity index (χ2n) is 4.93. The number of benzene rings is 1. The van der Waals surface area contributed by atoms with Crippen LogP contribution in [0.4, 0.5) is 0 Å². The molecule has 0 amide bonds. The molecule has 1 N–H and O–H groups in total. The fraction of sp³-hybridized carbons (Fsp3) is 0.500. The molecule has 1 nitrogen and oxygen atoms in total. The fourth-order valence-electron chi connectivity index (χ4n) is 2.53. The summed E-state index contributed by atoms with van der Waals surface area (Å²) in [4.78, 5) is 0. The first-order valence-electron chi connectivity index (χ1n) is 6.83. The highest BCUT2D eigenvalue weighted by Crippen LogP contribution is 2.20. The number of hydrogen-bond acceptors (Lipinski definition) is 1. The molecule has 1 aliphatic carbocycles. The zero-order chi connectivity index (χ0) is 11.9. The highest BCUT2D eigenvalue weighted by Gasteiger charge is 2.13. The van der Waals surface area contributed by atoms with Crippen LogP contribution in [-0.4, -0.2) is 6.54 Å². The molecule has 2 rings (SSSR count). The van der Waals surface area contributed by atoms with Crippen molar-refractivity contribution in [3.05, 3.63) is 48.0 Å². The van der Waals surface area contributed by atoms with Crippen LogP contribution in [0, 0.1) is 5.92 Å². The molecule has 0 spiro atoms. The van der Waals surface area contributed by atoms with Crippen LogP contribution in [0.1, 0.15) is 44.2 Å². The Kier molecular flexibility index (Phi) is 4.81. The molecule has 0 aromatic heterocycles. The van der Waals surface area contributed by atoms with Gasteiger partial charge in [0.15, 0.2) is 0 Å². The van der Waals surface area contributed by atoms with Crippen LogP contribution >= 0.6 is 0 Å². The lowest BCUT2D eigenvalue weighted by molar-refractivity contribution is 0.401. The Labute approximate surface area is 105 Å². The molecule has 0 saturated heterocycles. The van der Waals surface area contributed by atoms with E-state index in [2.05, 4.69) is 54.7 Å². The van der Waals surface area contributed by atoms with Gasteiger partial charge in [-0.15, -0.1) is 0 Å². The van der Waals surface area contributed by atoms with E-state index < -0.39 is 0 Å². The number of hydrogen-bond donors (Lipinski definition) is 1. The van der Waals surface area contributed by atoms with Crippen LogP contribution in [0.25, 0.3) is 0 Å². The standard InChI is InChI=1S/C16H23N/c1-2-16(15-11-7-4-8-12-15)17-13-14-9-5-3-6-10-14/h3-5,7-8,11-12,14,16-17H,2,6,9-10,13H2,1H3. The SMILES string of the molecule is CCC(NCC1CC=CCC1)c1ccccc1. The Morgan fingerprint density at radius 2 is 2.06 bits per heavy atom. The van der Waals surface area contributed by atoms with Gasteiger partial charge >= 0.3 is 0 Å². The molecule has 92 valence electrons. The summed E-state index contributed by atoms with van der Waals surface area (Å²) >= 11 is 0. The van der Waals surface area contributed by atoms with E-state index >= 15 is 0 Å². The van der Waals surface area contributed by atoms with Crippen LogP contribution < -0.4 is 5.32 Å². The molecule has 0 heterocycles. The summed E-state index contributed by atoms with van der Waals surface area (Å²) in [5, 5.41) is 3.72. The lowest BCUT2D eigenvalue weighted by atomic mass is 9.93. The molecule has 1 aliphatic rings. The molecule has 2 atom stereocenters. The predicted octanol–water partition coefficient (Wildman–Crippen LogP) is 4.08. The first-order valence-corrected chi connectivity index (χ1v) is 6.83. The largest absolute Gasteiger partial charge is 0.310 e. The second-order valence-corrected chi connectivity index (χ2v) is 4.93. The quantitative estimate of drug-likeness (QED) is 0.750. The third-order valence-corrected chi connectivity index (χ3v) is 3.64. The summed E-state index contributed by atoms with van der Waals surface area (Å²) in [6.45, 7) is 3.41. The van der Waals surface area contributed by atoms with E-state index in [-0.39, 0.29) is 0 Å². The first-order chi connectivity index (χ1) is 8.40. The molecule has 0 fully saturated rings. The Bertz CT molecular complexity index is 342. The van der Waals surface area contributed by atoms with Crippen molar-refractivity contribution < 1.29 is 0 Å². The predicted molar refractivity (Wildman–Crippen MR) is 74.0 cm³/mol.